The van der Waals surface area contributed by atoms with E-state index >= 15 is 0 Å². The second-order valence-corrected chi connectivity index (χ2v) is 2.69. The van der Waals surface area contributed by atoms with E-state index in [0.29, 0.717) is 13.1 Å². The molecule has 0 aromatic carbocycles. The molecule has 5 heteroatoms. The molecule has 70 valence electrons. The van der Waals surface area contributed by atoms with Crippen LogP contribution in [0.2, 0.25) is 0 Å². The first kappa shape index (κ1) is 11.2. The fourth-order valence-corrected chi connectivity index (χ4v) is 0.891. The van der Waals surface area contributed by atoms with Crippen LogP contribution >= 0.6 is 0 Å². The predicted molar refractivity (Wildman–Crippen MR) is 47.8 cm³/mol. The van der Waals surface area contributed by atoms with Crippen LogP contribution in [-0.4, -0.2) is 43.3 Å². The molecule has 1 N–H and O–H groups in total. The van der Waals surface area contributed by atoms with Gasteiger partial charge in [-0.1, -0.05) is 5.11 Å². The molecule has 0 atom stereocenters. The molecule has 0 radical (unpaired) electrons. The topological polar surface area (TPSA) is 72.2 Å². The monoisotopic (exact) mass is 172 g/mol. The van der Waals surface area contributed by atoms with Crippen LogP contribution in [-0.2, 0) is 0 Å². The SMILES string of the molecule is CN(CCO)CCCCN=[N+]=[N-]. The van der Waals surface area contributed by atoms with E-state index in [-0.39, 0.29) is 6.61 Å². The van der Waals surface area contributed by atoms with Gasteiger partial charge < -0.3 is 10.0 Å². The molecule has 0 bridgehead atoms. The van der Waals surface area contributed by atoms with Crippen molar-refractivity contribution in [3.05, 3.63) is 10.4 Å². The Bertz CT molecular complexity index is 144. The summed E-state index contributed by atoms with van der Waals surface area (Å²) >= 11 is 0. The second-order valence-electron chi connectivity index (χ2n) is 2.69. The number of aliphatic hydroxyl groups excluding tert-OH is 1. The zero-order chi connectivity index (χ0) is 9.23. The number of nitrogens with zero attached hydrogens (tertiary/aromatic N) is 4. The number of hydrogen-bond acceptors (Lipinski definition) is 3. The maximum Gasteiger partial charge on any atom is 0.0558 e. The summed E-state index contributed by atoms with van der Waals surface area (Å²) < 4.78 is 0. The van der Waals surface area contributed by atoms with Crippen LogP contribution in [0.4, 0.5) is 0 Å². The molecule has 0 heterocycles. The highest BCUT2D eigenvalue weighted by Crippen LogP contribution is 1.92. The van der Waals surface area contributed by atoms with E-state index in [4.69, 9.17) is 10.6 Å². The molecule has 0 spiro atoms. The van der Waals surface area contributed by atoms with Crippen molar-refractivity contribution in [1.82, 2.24) is 4.90 Å². The Labute approximate surface area is 72.6 Å². The first-order valence-electron chi connectivity index (χ1n) is 4.11. The molecule has 0 aromatic rings. The molecule has 0 rings (SSSR count). The van der Waals surface area contributed by atoms with Crippen LogP contribution in [0.3, 0.4) is 0 Å². The van der Waals surface area contributed by atoms with Gasteiger partial charge >= 0.3 is 0 Å². The zero-order valence-electron chi connectivity index (χ0n) is 7.48. The number of aliphatic hydroxyl groups is 1. The predicted octanol–water partition coefficient (Wildman–Crippen LogP) is 1.00. The molecule has 0 aromatic heterocycles. The maximum atomic E-state index is 8.57. The first-order valence-corrected chi connectivity index (χ1v) is 4.11. The Morgan fingerprint density at radius 3 is 2.75 bits per heavy atom. The highest BCUT2D eigenvalue weighted by Gasteiger charge is 1.95. The largest absolute Gasteiger partial charge is 0.395 e. The van der Waals surface area contributed by atoms with Gasteiger partial charge in [0, 0.05) is 18.0 Å². The van der Waals surface area contributed by atoms with Gasteiger partial charge in [0.15, 0.2) is 0 Å². The quantitative estimate of drug-likeness (QED) is 0.269. The summed E-state index contributed by atoms with van der Waals surface area (Å²) in [7, 11) is 1.96. The normalized spacial score (nSPS) is 9.92. The van der Waals surface area contributed by atoms with Gasteiger partial charge in [-0.05, 0) is 32.0 Å². The van der Waals surface area contributed by atoms with Gasteiger partial charge in [-0.3, -0.25) is 0 Å². The zero-order valence-corrected chi connectivity index (χ0v) is 7.48. The van der Waals surface area contributed by atoms with Gasteiger partial charge in [0.25, 0.3) is 0 Å². The Morgan fingerprint density at radius 1 is 1.42 bits per heavy atom. The number of unbranched alkanes of at least 4 members (excludes halogenated alkanes) is 1. The van der Waals surface area contributed by atoms with Crippen molar-refractivity contribution >= 4 is 0 Å². The van der Waals surface area contributed by atoms with Gasteiger partial charge in [-0.2, -0.15) is 0 Å². The molecule has 0 saturated heterocycles. The minimum absolute atomic E-state index is 0.201. The van der Waals surface area contributed by atoms with Gasteiger partial charge in [0.05, 0.1) is 6.61 Å². The van der Waals surface area contributed by atoms with Crippen molar-refractivity contribution in [2.45, 2.75) is 12.8 Å². The molecule has 5 nitrogen and oxygen atoms in total. The van der Waals surface area contributed by atoms with Crippen molar-refractivity contribution in [3.63, 3.8) is 0 Å². The van der Waals surface area contributed by atoms with Crippen LogP contribution in [0.1, 0.15) is 12.8 Å². The molecule has 0 fully saturated rings. The smallest absolute Gasteiger partial charge is 0.0558 e. The number of likely N-dealkylation sites (N-methyl/N-ethyl adjacent to an activating group) is 1. The average Bonchev–Trinajstić information content (AvgIpc) is 2.05. The minimum atomic E-state index is 0.201. The van der Waals surface area contributed by atoms with Gasteiger partial charge in [-0.15, -0.1) is 0 Å². The lowest BCUT2D eigenvalue weighted by atomic mass is 10.3. The van der Waals surface area contributed by atoms with E-state index in [9.17, 15) is 0 Å². The fraction of sp³-hybridized carbons (Fsp3) is 1.00. The third-order valence-corrected chi connectivity index (χ3v) is 1.59. The van der Waals surface area contributed by atoms with Crippen molar-refractivity contribution in [2.75, 3.05) is 33.3 Å². The van der Waals surface area contributed by atoms with Crippen LogP contribution in [0.25, 0.3) is 10.4 Å². The van der Waals surface area contributed by atoms with E-state index < -0.39 is 0 Å². The van der Waals surface area contributed by atoms with E-state index in [1.165, 1.54) is 0 Å². The Hall–Kier alpha value is -0.770. The van der Waals surface area contributed by atoms with Crippen LogP contribution in [0, 0.1) is 0 Å². The van der Waals surface area contributed by atoms with Crippen molar-refractivity contribution in [1.29, 1.82) is 0 Å². The number of azide groups is 1. The van der Waals surface area contributed by atoms with Crippen LogP contribution in [0.5, 0.6) is 0 Å². The summed E-state index contributed by atoms with van der Waals surface area (Å²) in [6, 6.07) is 0. The molecule has 12 heavy (non-hydrogen) atoms. The molecular weight excluding hydrogens is 156 g/mol. The van der Waals surface area contributed by atoms with E-state index in [1.807, 2.05) is 7.05 Å². The highest BCUT2D eigenvalue weighted by molar-refractivity contribution is 4.53. The Balaban J connectivity index is 3.13. The van der Waals surface area contributed by atoms with E-state index in [2.05, 4.69) is 14.9 Å². The molecule has 0 unspecified atom stereocenters. The fourth-order valence-electron chi connectivity index (χ4n) is 0.891. The number of rotatable bonds is 7. The Kier molecular flexibility index (Phi) is 7.79. The molecule has 0 aliphatic heterocycles. The van der Waals surface area contributed by atoms with Crippen molar-refractivity contribution < 1.29 is 5.11 Å². The first-order chi connectivity index (χ1) is 5.81. The average molecular weight is 172 g/mol. The summed E-state index contributed by atoms with van der Waals surface area (Å²) in [4.78, 5) is 4.71. The third-order valence-electron chi connectivity index (χ3n) is 1.59. The molecular formula is C7H16N4O. The molecule has 0 aliphatic carbocycles. The summed E-state index contributed by atoms with van der Waals surface area (Å²) in [5.41, 5.74) is 7.97. The molecule has 0 aliphatic rings. The maximum absolute atomic E-state index is 8.57. The van der Waals surface area contributed by atoms with Crippen LogP contribution < -0.4 is 0 Å². The summed E-state index contributed by atoms with van der Waals surface area (Å²) in [5.74, 6) is 0. The summed E-state index contributed by atoms with van der Waals surface area (Å²) in [5, 5.41) is 12.0. The second kappa shape index (κ2) is 8.33. The van der Waals surface area contributed by atoms with E-state index in [0.717, 1.165) is 19.4 Å². The summed E-state index contributed by atoms with van der Waals surface area (Å²) in [6.07, 6.45) is 1.93. The lowest BCUT2D eigenvalue weighted by Gasteiger charge is -2.13. The Morgan fingerprint density at radius 2 is 2.17 bits per heavy atom. The minimum Gasteiger partial charge on any atom is -0.395 e. The third kappa shape index (κ3) is 7.34. The van der Waals surface area contributed by atoms with Gasteiger partial charge in [0.2, 0.25) is 0 Å². The standard InChI is InChI=1S/C7H16N4O/c1-11(6-7-12)5-3-2-4-9-10-8/h12H,2-7H2,1H3. The van der Waals surface area contributed by atoms with Crippen LogP contribution in [0.15, 0.2) is 5.11 Å². The van der Waals surface area contributed by atoms with Crippen molar-refractivity contribution in [3.8, 4) is 0 Å². The summed E-state index contributed by atoms with van der Waals surface area (Å²) in [6.45, 7) is 2.43. The van der Waals surface area contributed by atoms with Gasteiger partial charge in [0.1, 0.15) is 0 Å². The van der Waals surface area contributed by atoms with Crippen molar-refractivity contribution in [2.24, 2.45) is 5.11 Å². The molecule has 0 amide bonds. The van der Waals surface area contributed by atoms with E-state index in [1.54, 1.807) is 0 Å². The highest BCUT2D eigenvalue weighted by atomic mass is 16.3. The van der Waals surface area contributed by atoms with Gasteiger partial charge in [-0.25, -0.2) is 0 Å². The number of hydrogen-bond donors (Lipinski definition) is 1. The lowest BCUT2D eigenvalue weighted by Crippen LogP contribution is -2.23. The molecule has 0 saturated carbocycles. The lowest BCUT2D eigenvalue weighted by molar-refractivity contribution is 0.219.